The Bertz CT molecular complexity index is 777. The number of hydrogen-bond donors (Lipinski definition) is 2. The summed E-state index contributed by atoms with van der Waals surface area (Å²) < 4.78 is 11.1. The number of amides is 2. The van der Waals surface area contributed by atoms with Crippen molar-refractivity contribution in [3.8, 4) is 5.75 Å². The number of hydrogen-bond acceptors (Lipinski definition) is 4. The van der Waals surface area contributed by atoms with Crippen LogP contribution in [0.15, 0.2) is 34.7 Å². The van der Waals surface area contributed by atoms with Gasteiger partial charge in [0.1, 0.15) is 11.5 Å². The standard InChI is InChI=1S/C17H18N2O4/c1-4-11-6-8-14(22-11)15(20)18-10-5-7-13-12(9-10)19-16(21)17(2,3)23-13/h5-9H,4H2,1-3H3,(H,18,20)(H,19,21). The molecule has 0 spiro atoms. The number of carbonyl (C=O) groups excluding carboxylic acids is 2. The average molecular weight is 314 g/mol. The molecule has 2 aromatic rings. The molecule has 0 saturated carbocycles. The van der Waals surface area contributed by atoms with E-state index in [2.05, 4.69) is 10.6 Å². The van der Waals surface area contributed by atoms with Crippen LogP contribution in [0.4, 0.5) is 11.4 Å². The Morgan fingerprint density at radius 1 is 1.26 bits per heavy atom. The van der Waals surface area contributed by atoms with Crippen LogP contribution in [-0.4, -0.2) is 17.4 Å². The summed E-state index contributed by atoms with van der Waals surface area (Å²) in [4.78, 5) is 24.1. The van der Waals surface area contributed by atoms with Gasteiger partial charge in [-0.2, -0.15) is 0 Å². The molecule has 0 aliphatic carbocycles. The predicted molar refractivity (Wildman–Crippen MR) is 85.8 cm³/mol. The molecule has 3 rings (SSSR count). The second-order valence-electron chi connectivity index (χ2n) is 5.85. The molecule has 23 heavy (non-hydrogen) atoms. The molecule has 2 heterocycles. The summed E-state index contributed by atoms with van der Waals surface area (Å²) >= 11 is 0. The maximum atomic E-state index is 12.2. The monoisotopic (exact) mass is 314 g/mol. The molecule has 0 saturated heterocycles. The first-order valence-electron chi connectivity index (χ1n) is 7.43. The zero-order valence-electron chi connectivity index (χ0n) is 13.2. The van der Waals surface area contributed by atoms with E-state index in [1.807, 2.05) is 6.92 Å². The van der Waals surface area contributed by atoms with Gasteiger partial charge in [0.05, 0.1) is 5.69 Å². The lowest BCUT2D eigenvalue weighted by Gasteiger charge is -2.31. The molecular weight excluding hydrogens is 296 g/mol. The molecule has 2 amide bonds. The van der Waals surface area contributed by atoms with Crippen LogP contribution >= 0.6 is 0 Å². The summed E-state index contributed by atoms with van der Waals surface area (Å²) in [5.41, 5.74) is 0.162. The van der Waals surface area contributed by atoms with Gasteiger partial charge in [-0.15, -0.1) is 0 Å². The number of nitrogens with one attached hydrogen (secondary N) is 2. The van der Waals surface area contributed by atoms with Gasteiger partial charge in [0, 0.05) is 12.1 Å². The van der Waals surface area contributed by atoms with Gasteiger partial charge in [0.25, 0.3) is 11.8 Å². The molecule has 6 nitrogen and oxygen atoms in total. The molecule has 0 unspecified atom stereocenters. The first kappa shape index (κ1) is 15.1. The Balaban J connectivity index is 1.79. The molecule has 1 aromatic heterocycles. The van der Waals surface area contributed by atoms with Gasteiger partial charge in [-0.05, 0) is 44.2 Å². The molecule has 0 radical (unpaired) electrons. The number of fused-ring (bicyclic) bond motifs is 1. The largest absolute Gasteiger partial charge is 0.476 e. The molecule has 0 fully saturated rings. The molecule has 1 aliphatic rings. The number of carbonyl (C=O) groups is 2. The third kappa shape index (κ3) is 2.92. The van der Waals surface area contributed by atoms with Crippen molar-refractivity contribution < 1.29 is 18.7 Å². The van der Waals surface area contributed by atoms with E-state index in [0.29, 0.717) is 17.1 Å². The van der Waals surface area contributed by atoms with Crippen LogP contribution in [0.2, 0.25) is 0 Å². The van der Waals surface area contributed by atoms with E-state index in [9.17, 15) is 9.59 Å². The molecule has 6 heteroatoms. The van der Waals surface area contributed by atoms with Crippen LogP contribution in [0.3, 0.4) is 0 Å². The minimum atomic E-state index is -0.914. The summed E-state index contributed by atoms with van der Waals surface area (Å²) in [7, 11) is 0. The highest BCUT2D eigenvalue weighted by Crippen LogP contribution is 2.35. The molecule has 0 atom stereocenters. The summed E-state index contributed by atoms with van der Waals surface area (Å²) in [6.07, 6.45) is 0.727. The van der Waals surface area contributed by atoms with Crippen LogP contribution in [0.1, 0.15) is 37.1 Å². The number of rotatable bonds is 3. The average Bonchev–Trinajstić information content (AvgIpc) is 2.98. The maximum absolute atomic E-state index is 12.2. The van der Waals surface area contributed by atoms with Crippen molar-refractivity contribution in [3.63, 3.8) is 0 Å². The second-order valence-corrected chi connectivity index (χ2v) is 5.85. The highest BCUT2D eigenvalue weighted by atomic mass is 16.5. The summed E-state index contributed by atoms with van der Waals surface area (Å²) in [6, 6.07) is 8.50. The van der Waals surface area contributed by atoms with Crippen molar-refractivity contribution in [3.05, 3.63) is 41.9 Å². The normalized spacial score (nSPS) is 15.3. The molecular formula is C17H18N2O4. The number of benzene rings is 1. The fraction of sp³-hybridized carbons (Fsp3) is 0.294. The van der Waals surface area contributed by atoms with Crippen molar-refractivity contribution >= 4 is 23.2 Å². The van der Waals surface area contributed by atoms with Crippen LogP contribution in [0.5, 0.6) is 5.75 Å². The first-order valence-corrected chi connectivity index (χ1v) is 7.43. The molecule has 0 bridgehead atoms. The molecule has 2 N–H and O–H groups in total. The van der Waals surface area contributed by atoms with E-state index in [1.54, 1.807) is 44.2 Å². The fourth-order valence-electron chi connectivity index (χ4n) is 2.27. The third-order valence-corrected chi connectivity index (χ3v) is 3.63. The van der Waals surface area contributed by atoms with E-state index >= 15 is 0 Å². The lowest BCUT2D eigenvalue weighted by molar-refractivity contribution is -0.129. The summed E-state index contributed by atoms with van der Waals surface area (Å²) in [6.45, 7) is 5.35. The van der Waals surface area contributed by atoms with E-state index < -0.39 is 5.60 Å². The van der Waals surface area contributed by atoms with Gasteiger partial charge >= 0.3 is 0 Å². The van der Waals surface area contributed by atoms with Crippen molar-refractivity contribution in [2.45, 2.75) is 32.8 Å². The zero-order valence-corrected chi connectivity index (χ0v) is 13.2. The van der Waals surface area contributed by atoms with Crippen LogP contribution in [0.25, 0.3) is 0 Å². The molecule has 1 aromatic carbocycles. The summed E-state index contributed by atoms with van der Waals surface area (Å²) in [5, 5.41) is 5.52. The Hall–Kier alpha value is -2.76. The van der Waals surface area contributed by atoms with Gasteiger partial charge in [-0.1, -0.05) is 6.92 Å². The Morgan fingerprint density at radius 2 is 2.04 bits per heavy atom. The topological polar surface area (TPSA) is 80.6 Å². The van der Waals surface area contributed by atoms with Gasteiger partial charge in [-0.25, -0.2) is 0 Å². The minimum Gasteiger partial charge on any atom is -0.476 e. The van der Waals surface area contributed by atoms with Crippen LogP contribution in [-0.2, 0) is 11.2 Å². The van der Waals surface area contributed by atoms with Gasteiger partial charge in [0.2, 0.25) is 0 Å². The van der Waals surface area contributed by atoms with Crippen LogP contribution < -0.4 is 15.4 Å². The van der Waals surface area contributed by atoms with E-state index in [4.69, 9.17) is 9.15 Å². The second kappa shape index (κ2) is 5.46. The van der Waals surface area contributed by atoms with Crippen molar-refractivity contribution in [1.82, 2.24) is 0 Å². The predicted octanol–water partition coefficient (Wildman–Crippen LogP) is 3.20. The Labute approximate surface area is 133 Å². The summed E-state index contributed by atoms with van der Waals surface area (Å²) in [5.74, 6) is 1.00. The van der Waals surface area contributed by atoms with Crippen molar-refractivity contribution in [2.24, 2.45) is 0 Å². The van der Waals surface area contributed by atoms with Gasteiger partial charge in [0.15, 0.2) is 11.4 Å². The van der Waals surface area contributed by atoms with Crippen molar-refractivity contribution in [1.29, 1.82) is 0 Å². The minimum absolute atomic E-state index is 0.230. The first-order chi connectivity index (χ1) is 10.9. The highest BCUT2D eigenvalue weighted by Gasteiger charge is 2.35. The Kier molecular flexibility index (Phi) is 3.60. The highest BCUT2D eigenvalue weighted by molar-refractivity contribution is 6.04. The number of aryl methyl sites for hydroxylation is 1. The number of anilines is 2. The Morgan fingerprint density at radius 3 is 2.74 bits per heavy atom. The van der Waals surface area contributed by atoms with E-state index in [0.717, 1.165) is 12.2 Å². The van der Waals surface area contributed by atoms with Crippen LogP contribution in [0, 0.1) is 0 Å². The third-order valence-electron chi connectivity index (χ3n) is 3.63. The lowest BCUT2D eigenvalue weighted by atomic mass is 10.1. The van der Waals surface area contributed by atoms with Gasteiger partial charge < -0.3 is 19.8 Å². The molecule has 120 valence electrons. The van der Waals surface area contributed by atoms with Gasteiger partial charge in [-0.3, -0.25) is 9.59 Å². The quantitative estimate of drug-likeness (QED) is 0.911. The zero-order chi connectivity index (χ0) is 16.6. The number of ether oxygens (including phenoxy) is 1. The molecule has 1 aliphatic heterocycles. The fourth-order valence-corrected chi connectivity index (χ4v) is 2.27. The maximum Gasteiger partial charge on any atom is 0.291 e. The van der Waals surface area contributed by atoms with Crippen molar-refractivity contribution in [2.75, 3.05) is 10.6 Å². The van der Waals surface area contributed by atoms with E-state index in [1.165, 1.54) is 0 Å². The number of furan rings is 1. The SMILES string of the molecule is CCc1ccc(C(=O)Nc2ccc3c(c2)NC(=O)C(C)(C)O3)o1. The smallest absolute Gasteiger partial charge is 0.291 e. The lowest BCUT2D eigenvalue weighted by Crippen LogP contribution is -2.45. The van der Waals surface area contributed by atoms with E-state index in [-0.39, 0.29) is 17.6 Å².